The second-order valence-electron chi connectivity index (χ2n) is 6.48. The summed E-state index contributed by atoms with van der Waals surface area (Å²) in [6.07, 6.45) is 2.62. The van der Waals surface area contributed by atoms with Crippen LogP contribution in [-0.2, 0) is 32.6 Å². The Kier molecular flexibility index (Phi) is 5.19. The van der Waals surface area contributed by atoms with Crippen molar-refractivity contribution in [2.24, 2.45) is 0 Å². The lowest BCUT2D eigenvalue weighted by Gasteiger charge is -2.27. The van der Waals surface area contributed by atoms with Crippen LogP contribution in [0.15, 0.2) is 41.9 Å². The molecule has 0 atom stereocenters. The first-order valence-corrected chi connectivity index (χ1v) is 11.1. The molecule has 2 aromatic rings. The van der Waals surface area contributed by atoms with Crippen LogP contribution in [-0.4, -0.2) is 49.9 Å². The Labute approximate surface area is 167 Å². The summed E-state index contributed by atoms with van der Waals surface area (Å²) in [4.78, 5) is 18.9. The molecule has 0 aliphatic carbocycles. The van der Waals surface area contributed by atoms with Gasteiger partial charge in [-0.3, -0.25) is 4.79 Å². The van der Waals surface area contributed by atoms with Crippen LogP contribution in [0.4, 0.5) is 10.8 Å². The number of rotatable bonds is 5. The van der Waals surface area contributed by atoms with Gasteiger partial charge in [0, 0.05) is 37.3 Å². The molecule has 0 unspecified atom stereocenters. The molecule has 4 heterocycles. The molecular weight excluding hydrogens is 400 g/mol. The second kappa shape index (κ2) is 7.63. The minimum atomic E-state index is -3.63. The molecule has 4 rings (SSSR count). The maximum Gasteiger partial charge on any atom is 0.248 e. The van der Waals surface area contributed by atoms with Crippen LogP contribution in [0.3, 0.4) is 0 Å². The zero-order valence-electron chi connectivity index (χ0n) is 15.1. The van der Waals surface area contributed by atoms with Gasteiger partial charge in [-0.2, -0.15) is 4.31 Å². The van der Waals surface area contributed by atoms with E-state index in [9.17, 15) is 13.2 Å². The van der Waals surface area contributed by atoms with Crippen molar-refractivity contribution in [3.05, 3.63) is 47.5 Å². The molecule has 0 bridgehead atoms. The van der Waals surface area contributed by atoms with E-state index in [1.165, 1.54) is 27.9 Å². The highest BCUT2D eigenvalue weighted by molar-refractivity contribution is 7.89. The van der Waals surface area contributed by atoms with Gasteiger partial charge in [0.15, 0.2) is 0 Å². The van der Waals surface area contributed by atoms with Crippen molar-refractivity contribution in [3.8, 4) is 0 Å². The molecule has 28 heavy (non-hydrogen) atoms. The van der Waals surface area contributed by atoms with Gasteiger partial charge in [-0.15, -0.1) is 11.3 Å². The molecule has 2 aliphatic rings. The van der Waals surface area contributed by atoms with Crippen LogP contribution in [0.25, 0.3) is 0 Å². The Hall–Kier alpha value is -2.27. The number of anilines is 2. The van der Waals surface area contributed by atoms with E-state index in [0.717, 1.165) is 29.3 Å². The highest BCUT2D eigenvalue weighted by Gasteiger charge is 2.32. The molecule has 0 spiro atoms. The van der Waals surface area contributed by atoms with E-state index in [0.29, 0.717) is 18.2 Å². The van der Waals surface area contributed by atoms with Gasteiger partial charge in [-0.25, -0.2) is 13.4 Å². The van der Waals surface area contributed by atoms with Gasteiger partial charge in [0.1, 0.15) is 10.7 Å². The molecular formula is C18H20N4O4S2. The standard InChI is InChI=1S/C18H20N4O4S2/c1-2-17(23)20-18-9-13-11-22(12-15(13)27-18)28(24,25)14-3-4-16(19-10-14)21-5-7-26-8-6-21/h2-4,9-10H,1,5-8,11-12H2,(H,20,23). The van der Waals surface area contributed by atoms with E-state index in [1.807, 2.05) is 6.07 Å². The van der Waals surface area contributed by atoms with Crippen LogP contribution in [0.5, 0.6) is 0 Å². The van der Waals surface area contributed by atoms with Gasteiger partial charge in [0.2, 0.25) is 15.9 Å². The lowest BCUT2D eigenvalue weighted by atomic mass is 10.3. The number of pyridine rings is 1. The molecule has 1 saturated heterocycles. The van der Waals surface area contributed by atoms with Crippen LogP contribution >= 0.6 is 11.3 Å². The molecule has 1 N–H and O–H groups in total. The Morgan fingerprint density at radius 2 is 2.07 bits per heavy atom. The topological polar surface area (TPSA) is 91.8 Å². The first-order chi connectivity index (χ1) is 13.5. The summed E-state index contributed by atoms with van der Waals surface area (Å²) in [5.74, 6) is 0.473. The number of thiophene rings is 1. The molecule has 8 nitrogen and oxygen atoms in total. The molecule has 0 saturated carbocycles. The summed E-state index contributed by atoms with van der Waals surface area (Å²) in [5, 5.41) is 3.41. The maximum atomic E-state index is 13.0. The Morgan fingerprint density at radius 3 is 2.71 bits per heavy atom. The third-order valence-electron chi connectivity index (χ3n) is 4.69. The minimum absolute atomic E-state index is 0.180. The van der Waals surface area contributed by atoms with Gasteiger partial charge < -0.3 is 15.0 Å². The number of amides is 1. The lowest BCUT2D eigenvalue weighted by molar-refractivity contribution is -0.111. The fraction of sp³-hybridized carbons (Fsp3) is 0.333. The van der Waals surface area contributed by atoms with E-state index >= 15 is 0 Å². The molecule has 2 aromatic heterocycles. The summed E-state index contributed by atoms with van der Waals surface area (Å²) in [6.45, 7) is 6.78. The van der Waals surface area contributed by atoms with Crippen molar-refractivity contribution in [2.45, 2.75) is 18.0 Å². The zero-order chi connectivity index (χ0) is 19.7. The van der Waals surface area contributed by atoms with Gasteiger partial charge >= 0.3 is 0 Å². The number of sulfonamides is 1. The van der Waals surface area contributed by atoms with Crippen LogP contribution < -0.4 is 10.2 Å². The first kappa shape index (κ1) is 19.1. The number of nitrogens with one attached hydrogen (secondary N) is 1. The number of aromatic nitrogens is 1. The van der Waals surface area contributed by atoms with Crippen LogP contribution in [0.2, 0.25) is 0 Å². The fourth-order valence-electron chi connectivity index (χ4n) is 3.20. The number of carbonyl (C=O) groups is 1. The summed E-state index contributed by atoms with van der Waals surface area (Å²) in [5.41, 5.74) is 0.908. The second-order valence-corrected chi connectivity index (χ2v) is 9.55. The van der Waals surface area contributed by atoms with E-state index in [4.69, 9.17) is 4.74 Å². The quantitative estimate of drug-likeness (QED) is 0.742. The summed E-state index contributed by atoms with van der Waals surface area (Å²) < 4.78 is 32.7. The maximum absolute atomic E-state index is 13.0. The van der Waals surface area contributed by atoms with Gasteiger partial charge in [0.25, 0.3) is 0 Å². The van der Waals surface area contributed by atoms with Crippen molar-refractivity contribution in [1.82, 2.24) is 9.29 Å². The SMILES string of the molecule is C=CC(=O)Nc1cc2c(s1)CN(S(=O)(=O)c1ccc(N3CCOCC3)nc1)C2. The van der Waals surface area contributed by atoms with E-state index in [1.54, 1.807) is 12.1 Å². The summed E-state index contributed by atoms with van der Waals surface area (Å²) in [7, 11) is -3.63. The van der Waals surface area contributed by atoms with Gasteiger partial charge in [0.05, 0.1) is 18.2 Å². The smallest absolute Gasteiger partial charge is 0.248 e. The zero-order valence-corrected chi connectivity index (χ0v) is 16.8. The number of hydrogen-bond donors (Lipinski definition) is 1. The number of hydrogen-bond acceptors (Lipinski definition) is 7. The van der Waals surface area contributed by atoms with Crippen molar-refractivity contribution in [2.75, 3.05) is 36.5 Å². The number of carbonyl (C=O) groups excluding carboxylic acids is 1. The first-order valence-electron chi connectivity index (χ1n) is 8.81. The normalized spacial score (nSPS) is 17.4. The van der Waals surface area contributed by atoms with Crippen molar-refractivity contribution in [3.63, 3.8) is 0 Å². The van der Waals surface area contributed by atoms with Crippen LogP contribution in [0.1, 0.15) is 10.4 Å². The fourth-order valence-corrected chi connectivity index (χ4v) is 5.70. The van der Waals surface area contributed by atoms with Crippen molar-refractivity contribution in [1.29, 1.82) is 0 Å². The summed E-state index contributed by atoms with van der Waals surface area (Å²) in [6, 6.07) is 5.17. The number of morpholine rings is 1. The largest absolute Gasteiger partial charge is 0.378 e. The summed E-state index contributed by atoms with van der Waals surface area (Å²) >= 11 is 1.38. The molecule has 1 fully saturated rings. The average Bonchev–Trinajstić information content (AvgIpc) is 3.28. The Morgan fingerprint density at radius 1 is 1.29 bits per heavy atom. The Balaban J connectivity index is 1.47. The van der Waals surface area contributed by atoms with Gasteiger partial charge in [-0.05, 0) is 29.8 Å². The predicted octanol–water partition coefficient (Wildman–Crippen LogP) is 1.81. The third-order valence-corrected chi connectivity index (χ3v) is 7.54. The van der Waals surface area contributed by atoms with Crippen molar-refractivity contribution < 1.29 is 17.9 Å². The highest BCUT2D eigenvalue weighted by Crippen LogP contribution is 2.36. The van der Waals surface area contributed by atoms with E-state index in [-0.39, 0.29) is 23.9 Å². The molecule has 2 aliphatic heterocycles. The average molecular weight is 421 g/mol. The lowest BCUT2D eigenvalue weighted by Crippen LogP contribution is -2.36. The highest BCUT2D eigenvalue weighted by atomic mass is 32.2. The monoisotopic (exact) mass is 420 g/mol. The number of nitrogens with zero attached hydrogens (tertiary/aromatic N) is 3. The van der Waals surface area contributed by atoms with Crippen molar-refractivity contribution >= 4 is 38.1 Å². The third kappa shape index (κ3) is 3.68. The molecule has 0 radical (unpaired) electrons. The van der Waals surface area contributed by atoms with E-state index < -0.39 is 10.0 Å². The molecule has 10 heteroatoms. The number of ether oxygens (including phenoxy) is 1. The Bertz CT molecular complexity index is 972. The predicted molar refractivity (Wildman–Crippen MR) is 107 cm³/mol. The minimum Gasteiger partial charge on any atom is -0.378 e. The molecule has 0 aromatic carbocycles. The van der Waals surface area contributed by atoms with E-state index in [2.05, 4.69) is 21.8 Å². The number of fused-ring (bicyclic) bond motifs is 1. The van der Waals surface area contributed by atoms with Gasteiger partial charge in [-0.1, -0.05) is 6.58 Å². The molecule has 148 valence electrons. The molecule has 1 amide bonds. The van der Waals surface area contributed by atoms with Crippen LogP contribution in [0, 0.1) is 0 Å².